The zero-order valence-electron chi connectivity index (χ0n) is 12.4. The molecule has 1 heterocycles. The molecular weight excluding hydrogens is 294 g/mol. The maximum atomic E-state index is 12.1. The molecule has 4 heteroatoms. The molecule has 0 atom stereocenters. The first-order valence-electron chi connectivity index (χ1n) is 6.90. The molecule has 110 valence electrons. The molecular formula is C18H15NO2S. The lowest BCUT2D eigenvalue weighted by atomic mass is 10.1. The maximum Gasteiger partial charge on any atom is 0.358 e. The van der Waals surface area contributed by atoms with Crippen LogP contribution in [0.5, 0.6) is 0 Å². The third-order valence-electron chi connectivity index (χ3n) is 3.31. The van der Waals surface area contributed by atoms with Gasteiger partial charge in [-0.25, -0.2) is 9.78 Å². The second-order valence-electron chi connectivity index (χ2n) is 4.92. The normalized spacial score (nSPS) is 10.5. The molecule has 0 aliphatic heterocycles. The lowest BCUT2D eigenvalue weighted by molar-refractivity contribution is 0.0596. The average Bonchev–Trinajstić information content (AvgIpc) is 3.00. The van der Waals surface area contributed by atoms with Gasteiger partial charge in [0.1, 0.15) is 5.01 Å². The summed E-state index contributed by atoms with van der Waals surface area (Å²) in [6.07, 6.45) is 0. The number of hydrogen-bond donors (Lipinski definition) is 0. The van der Waals surface area contributed by atoms with E-state index in [0.29, 0.717) is 5.69 Å². The van der Waals surface area contributed by atoms with E-state index < -0.39 is 5.97 Å². The van der Waals surface area contributed by atoms with Crippen molar-refractivity contribution in [3.05, 3.63) is 65.9 Å². The van der Waals surface area contributed by atoms with E-state index in [2.05, 4.69) is 11.1 Å². The van der Waals surface area contributed by atoms with Crippen LogP contribution in [0.15, 0.2) is 54.6 Å². The van der Waals surface area contributed by atoms with Crippen LogP contribution in [0.1, 0.15) is 16.1 Å². The Morgan fingerprint density at radius 3 is 2.45 bits per heavy atom. The Balaban J connectivity index is 2.16. The quantitative estimate of drug-likeness (QED) is 0.665. The lowest BCUT2D eigenvalue weighted by Crippen LogP contribution is -2.03. The molecule has 0 aliphatic rings. The highest BCUT2D eigenvalue weighted by Crippen LogP contribution is 2.36. The van der Waals surface area contributed by atoms with Crippen LogP contribution in [0.3, 0.4) is 0 Å². The Labute approximate surface area is 133 Å². The standard InChI is InChI=1S/C18H15NO2S/c1-12-7-6-10-14(11-12)16-15(18(20)21-2)19-17(22-16)13-8-4-3-5-9-13/h3-11H,1-2H3. The van der Waals surface area contributed by atoms with E-state index in [1.165, 1.54) is 18.4 Å². The van der Waals surface area contributed by atoms with Gasteiger partial charge in [-0.1, -0.05) is 60.2 Å². The van der Waals surface area contributed by atoms with Crippen molar-refractivity contribution in [3.8, 4) is 21.0 Å². The third kappa shape index (κ3) is 2.78. The van der Waals surface area contributed by atoms with E-state index >= 15 is 0 Å². The Morgan fingerprint density at radius 2 is 1.77 bits per heavy atom. The summed E-state index contributed by atoms with van der Waals surface area (Å²) in [5.74, 6) is -0.407. The summed E-state index contributed by atoms with van der Waals surface area (Å²) in [4.78, 5) is 17.4. The number of hydrogen-bond acceptors (Lipinski definition) is 4. The van der Waals surface area contributed by atoms with Crippen LogP contribution in [0.25, 0.3) is 21.0 Å². The minimum Gasteiger partial charge on any atom is -0.464 e. The topological polar surface area (TPSA) is 39.2 Å². The van der Waals surface area contributed by atoms with Crippen molar-refractivity contribution in [2.45, 2.75) is 6.92 Å². The van der Waals surface area contributed by atoms with E-state index in [1.807, 2.05) is 55.5 Å². The van der Waals surface area contributed by atoms with Crippen LogP contribution in [0.2, 0.25) is 0 Å². The van der Waals surface area contributed by atoms with Gasteiger partial charge in [0.25, 0.3) is 0 Å². The fraction of sp³-hybridized carbons (Fsp3) is 0.111. The Hall–Kier alpha value is -2.46. The smallest absolute Gasteiger partial charge is 0.358 e. The molecule has 3 nitrogen and oxygen atoms in total. The summed E-state index contributed by atoms with van der Waals surface area (Å²) in [6.45, 7) is 2.03. The van der Waals surface area contributed by atoms with Gasteiger partial charge in [0.2, 0.25) is 0 Å². The number of nitrogens with zero attached hydrogens (tertiary/aromatic N) is 1. The molecule has 3 rings (SSSR count). The lowest BCUT2D eigenvalue weighted by Gasteiger charge is -2.01. The third-order valence-corrected chi connectivity index (χ3v) is 4.46. The van der Waals surface area contributed by atoms with Gasteiger partial charge >= 0.3 is 5.97 Å². The van der Waals surface area contributed by atoms with Crippen molar-refractivity contribution in [1.82, 2.24) is 4.98 Å². The molecule has 1 aromatic heterocycles. The predicted molar refractivity (Wildman–Crippen MR) is 89.1 cm³/mol. The number of esters is 1. The van der Waals surface area contributed by atoms with Crippen LogP contribution in [-0.4, -0.2) is 18.1 Å². The molecule has 0 fully saturated rings. The summed E-state index contributed by atoms with van der Waals surface area (Å²) in [6, 6.07) is 17.9. The van der Waals surface area contributed by atoms with Crippen LogP contribution in [0, 0.1) is 6.92 Å². The van der Waals surface area contributed by atoms with Crippen molar-refractivity contribution in [3.63, 3.8) is 0 Å². The molecule has 0 saturated heterocycles. The molecule has 0 bridgehead atoms. The predicted octanol–water partition coefficient (Wildman–Crippen LogP) is 4.57. The number of benzene rings is 2. The summed E-state index contributed by atoms with van der Waals surface area (Å²) < 4.78 is 4.88. The highest BCUT2D eigenvalue weighted by Gasteiger charge is 2.20. The molecule has 0 radical (unpaired) electrons. The number of carbonyl (C=O) groups excluding carboxylic acids is 1. The highest BCUT2D eigenvalue weighted by atomic mass is 32.1. The number of ether oxygens (including phenoxy) is 1. The fourth-order valence-corrected chi connectivity index (χ4v) is 3.30. The molecule has 0 saturated carbocycles. The zero-order valence-corrected chi connectivity index (χ0v) is 13.2. The first-order chi connectivity index (χ1) is 10.7. The molecule has 2 aromatic carbocycles. The minimum absolute atomic E-state index is 0.372. The van der Waals surface area contributed by atoms with E-state index in [0.717, 1.165) is 26.6 Å². The van der Waals surface area contributed by atoms with Crippen LogP contribution in [0.4, 0.5) is 0 Å². The number of thiazole rings is 1. The summed E-state index contributed by atoms with van der Waals surface area (Å²) in [7, 11) is 1.38. The van der Waals surface area contributed by atoms with Gasteiger partial charge in [-0.15, -0.1) is 11.3 Å². The molecule has 0 N–H and O–H groups in total. The monoisotopic (exact) mass is 309 g/mol. The van der Waals surface area contributed by atoms with Gasteiger partial charge < -0.3 is 4.74 Å². The maximum absolute atomic E-state index is 12.1. The second kappa shape index (κ2) is 6.12. The highest BCUT2D eigenvalue weighted by molar-refractivity contribution is 7.18. The minimum atomic E-state index is -0.407. The summed E-state index contributed by atoms with van der Waals surface area (Å²) >= 11 is 1.51. The van der Waals surface area contributed by atoms with Gasteiger partial charge in [-0.05, 0) is 12.5 Å². The van der Waals surface area contributed by atoms with Gasteiger partial charge in [0.05, 0.1) is 12.0 Å². The van der Waals surface area contributed by atoms with Gasteiger partial charge in [0, 0.05) is 5.56 Å². The van der Waals surface area contributed by atoms with E-state index in [1.54, 1.807) is 0 Å². The number of rotatable bonds is 3. The van der Waals surface area contributed by atoms with Crippen molar-refractivity contribution in [2.24, 2.45) is 0 Å². The molecule has 0 unspecified atom stereocenters. The zero-order chi connectivity index (χ0) is 15.5. The van der Waals surface area contributed by atoms with E-state index in [4.69, 9.17) is 4.74 Å². The van der Waals surface area contributed by atoms with Crippen molar-refractivity contribution < 1.29 is 9.53 Å². The first-order valence-corrected chi connectivity index (χ1v) is 7.72. The SMILES string of the molecule is COC(=O)c1nc(-c2ccccc2)sc1-c1cccc(C)c1. The van der Waals surface area contributed by atoms with Crippen LogP contribution >= 0.6 is 11.3 Å². The van der Waals surface area contributed by atoms with Crippen molar-refractivity contribution >= 4 is 17.3 Å². The molecule has 0 spiro atoms. The van der Waals surface area contributed by atoms with Crippen LogP contribution < -0.4 is 0 Å². The second-order valence-corrected chi connectivity index (χ2v) is 5.92. The molecule has 22 heavy (non-hydrogen) atoms. The largest absolute Gasteiger partial charge is 0.464 e. The van der Waals surface area contributed by atoms with Gasteiger partial charge in [-0.3, -0.25) is 0 Å². The fourth-order valence-electron chi connectivity index (χ4n) is 2.24. The number of aromatic nitrogens is 1. The summed E-state index contributed by atoms with van der Waals surface area (Å²) in [5.41, 5.74) is 3.50. The molecule has 0 aliphatic carbocycles. The average molecular weight is 309 g/mol. The summed E-state index contributed by atoms with van der Waals surface area (Å²) in [5, 5.41) is 0.817. The Bertz CT molecular complexity index is 809. The van der Waals surface area contributed by atoms with Gasteiger partial charge in [-0.2, -0.15) is 0 Å². The van der Waals surface area contributed by atoms with E-state index in [-0.39, 0.29) is 0 Å². The molecule has 3 aromatic rings. The van der Waals surface area contributed by atoms with Crippen LogP contribution in [-0.2, 0) is 4.74 Å². The Morgan fingerprint density at radius 1 is 1.05 bits per heavy atom. The number of carbonyl (C=O) groups is 1. The number of methoxy groups -OCH3 is 1. The Kier molecular flexibility index (Phi) is 4.02. The molecule has 0 amide bonds. The number of aryl methyl sites for hydroxylation is 1. The van der Waals surface area contributed by atoms with Gasteiger partial charge in [0.15, 0.2) is 5.69 Å². The van der Waals surface area contributed by atoms with E-state index in [9.17, 15) is 4.79 Å². The van der Waals surface area contributed by atoms with Crippen molar-refractivity contribution in [2.75, 3.05) is 7.11 Å². The first kappa shape index (κ1) is 14.5. The van der Waals surface area contributed by atoms with Crippen molar-refractivity contribution in [1.29, 1.82) is 0 Å².